The van der Waals surface area contributed by atoms with Crippen LogP contribution in [-0.4, -0.2) is 34.7 Å². The third-order valence-corrected chi connectivity index (χ3v) is 5.05. The number of hydrogen-bond acceptors (Lipinski definition) is 2. The van der Waals surface area contributed by atoms with Gasteiger partial charge in [0.15, 0.2) is 0 Å². The number of H-pyrrole nitrogens is 1. The Labute approximate surface area is 153 Å². The number of carbonyl (C=O) groups excluding carboxylic acids is 2. The van der Waals surface area contributed by atoms with E-state index in [1.165, 1.54) is 5.57 Å². The number of nitrogens with zero attached hydrogens (tertiary/aromatic N) is 1. The molecule has 1 N–H and O–H groups in total. The molecular weight excluding hydrogens is 324 g/mol. The van der Waals surface area contributed by atoms with Crippen LogP contribution >= 0.6 is 0 Å². The van der Waals surface area contributed by atoms with Crippen LogP contribution in [0.4, 0.5) is 0 Å². The highest BCUT2D eigenvalue weighted by atomic mass is 16.2. The number of aromatic amines is 1. The molecule has 134 valence electrons. The molecular formula is C22H24N2O2. The maximum absolute atomic E-state index is 12.7. The van der Waals surface area contributed by atoms with Gasteiger partial charge in [-0.3, -0.25) is 9.59 Å². The number of amides is 1. The molecule has 26 heavy (non-hydrogen) atoms. The zero-order valence-electron chi connectivity index (χ0n) is 14.9. The first kappa shape index (κ1) is 17.9. The Morgan fingerprint density at radius 3 is 2.62 bits per heavy atom. The van der Waals surface area contributed by atoms with Crippen LogP contribution in [-0.2, 0) is 4.79 Å². The molecule has 3 rings (SSSR count). The van der Waals surface area contributed by atoms with Gasteiger partial charge in [-0.1, -0.05) is 49.6 Å². The van der Waals surface area contributed by atoms with E-state index >= 15 is 0 Å². The van der Waals surface area contributed by atoms with Crippen molar-refractivity contribution in [3.63, 3.8) is 0 Å². The number of rotatable bonds is 6. The van der Waals surface area contributed by atoms with E-state index in [1.54, 1.807) is 17.2 Å². The lowest BCUT2D eigenvalue weighted by molar-refractivity contribution is -0.127. The highest BCUT2D eigenvalue weighted by molar-refractivity contribution is 6.44. The van der Waals surface area contributed by atoms with Gasteiger partial charge in [-0.15, -0.1) is 0 Å². The molecule has 0 bridgehead atoms. The summed E-state index contributed by atoms with van der Waals surface area (Å²) in [5, 5.41) is 0.797. The minimum atomic E-state index is -0.431. The predicted octanol–water partition coefficient (Wildman–Crippen LogP) is 4.28. The Morgan fingerprint density at radius 2 is 1.92 bits per heavy atom. The summed E-state index contributed by atoms with van der Waals surface area (Å²) in [6, 6.07) is 7.53. The van der Waals surface area contributed by atoms with Crippen LogP contribution in [0.25, 0.3) is 10.9 Å². The molecule has 0 unspecified atom stereocenters. The number of nitrogens with one attached hydrogen (secondary N) is 1. The molecule has 1 saturated heterocycles. The average molecular weight is 348 g/mol. The van der Waals surface area contributed by atoms with Gasteiger partial charge in [0.05, 0.1) is 5.56 Å². The Balaban J connectivity index is 1.63. The highest BCUT2D eigenvalue weighted by Gasteiger charge is 2.29. The van der Waals surface area contributed by atoms with Gasteiger partial charge in [-0.05, 0) is 36.8 Å². The van der Waals surface area contributed by atoms with Gasteiger partial charge in [0.1, 0.15) is 0 Å². The average Bonchev–Trinajstić information content (AvgIpc) is 3.11. The molecule has 1 aromatic carbocycles. The van der Waals surface area contributed by atoms with Gasteiger partial charge in [0, 0.05) is 30.2 Å². The lowest BCUT2D eigenvalue weighted by atomic mass is 9.89. The molecule has 0 spiro atoms. The minimum Gasteiger partial charge on any atom is -0.360 e. The fraction of sp³-hybridized carbons (Fsp3) is 0.273. The van der Waals surface area contributed by atoms with Gasteiger partial charge in [-0.25, -0.2) is 0 Å². The van der Waals surface area contributed by atoms with Crippen molar-refractivity contribution in [2.45, 2.75) is 19.3 Å². The van der Waals surface area contributed by atoms with Crippen molar-refractivity contribution < 1.29 is 9.59 Å². The van der Waals surface area contributed by atoms with Crippen LogP contribution in [0.15, 0.2) is 67.4 Å². The summed E-state index contributed by atoms with van der Waals surface area (Å²) in [5.74, 6) is -0.329. The van der Waals surface area contributed by atoms with E-state index in [4.69, 9.17) is 0 Å². The number of aromatic nitrogens is 1. The van der Waals surface area contributed by atoms with E-state index in [-0.39, 0.29) is 0 Å². The molecule has 0 atom stereocenters. The van der Waals surface area contributed by atoms with Crippen molar-refractivity contribution >= 4 is 22.6 Å². The molecule has 1 aliphatic rings. The molecule has 4 nitrogen and oxygen atoms in total. The van der Waals surface area contributed by atoms with Crippen LogP contribution in [0.1, 0.15) is 29.6 Å². The number of fused-ring (bicyclic) bond motifs is 1. The molecule has 4 heteroatoms. The number of ketones is 1. The molecule has 1 aromatic heterocycles. The van der Waals surface area contributed by atoms with Gasteiger partial charge < -0.3 is 9.88 Å². The quantitative estimate of drug-likeness (QED) is 0.481. The number of piperidine rings is 1. The Kier molecular flexibility index (Phi) is 5.52. The predicted molar refractivity (Wildman–Crippen MR) is 105 cm³/mol. The Bertz CT molecular complexity index is 867. The maximum atomic E-state index is 12.7. The third kappa shape index (κ3) is 3.69. The zero-order valence-corrected chi connectivity index (χ0v) is 14.9. The lowest BCUT2D eigenvalue weighted by Crippen LogP contribution is -2.42. The van der Waals surface area contributed by atoms with Gasteiger partial charge in [0.2, 0.25) is 0 Å². The van der Waals surface area contributed by atoms with E-state index in [9.17, 15) is 9.59 Å². The summed E-state index contributed by atoms with van der Waals surface area (Å²) in [6.45, 7) is 8.80. The molecule has 2 aromatic rings. The maximum Gasteiger partial charge on any atom is 0.295 e. The largest absolute Gasteiger partial charge is 0.360 e. The first-order chi connectivity index (χ1) is 12.6. The van der Waals surface area contributed by atoms with Crippen LogP contribution < -0.4 is 0 Å². The van der Waals surface area contributed by atoms with E-state index in [0.717, 1.165) is 30.2 Å². The molecule has 1 aliphatic heterocycles. The van der Waals surface area contributed by atoms with Crippen molar-refractivity contribution in [3.05, 3.63) is 73.0 Å². The molecule has 0 aliphatic carbocycles. The SMILES string of the molecule is C=C/C=C(\C=C)CC1CCN(C(=O)C(=O)c2c[nH]c3ccccc23)CC1. The summed E-state index contributed by atoms with van der Waals surface area (Å²) in [5.41, 5.74) is 2.49. The number of benzene rings is 1. The van der Waals surface area contributed by atoms with Crippen LogP contribution in [0.3, 0.4) is 0 Å². The third-order valence-electron chi connectivity index (χ3n) is 5.05. The Hall–Kier alpha value is -2.88. The van der Waals surface area contributed by atoms with Crippen LogP contribution in [0.5, 0.6) is 0 Å². The number of Topliss-reactive ketones (excluding diaryl/α,β-unsaturated/α-hetero) is 1. The van der Waals surface area contributed by atoms with E-state index in [0.29, 0.717) is 24.6 Å². The number of likely N-dealkylation sites (tertiary alicyclic amines) is 1. The zero-order chi connectivity index (χ0) is 18.5. The lowest BCUT2D eigenvalue weighted by Gasteiger charge is -2.31. The Morgan fingerprint density at radius 1 is 1.19 bits per heavy atom. The number of carbonyl (C=O) groups is 2. The normalized spacial score (nSPS) is 15.8. The van der Waals surface area contributed by atoms with Crippen molar-refractivity contribution in [1.82, 2.24) is 9.88 Å². The summed E-state index contributed by atoms with van der Waals surface area (Å²) >= 11 is 0. The van der Waals surface area contributed by atoms with E-state index in [1.807, 2.05) is 36.4 Å². The van der Waals surface area contributed by atoms with Crippen molar-refractivity contribution in [3.8, 4) is 0 Å². The van der Waals surface area contributed by atoms with E-state index in [2.05, 4.69) is 18.1 Å². The fourth-order valence-electron chi connectivity index (χ4n) is 3.56. The molecule has 1 fully saturated rings. The standard InChI is InChI=1S/C22H24N2O2/c1-3-7-16(4-2)14-17-10-12-24(13-11-17)22(26)21(25)19-15-23-20-9-6-5-8-18(19)20/h3-9,15,17,23H,1-2,10-14H2/b16-7+. The van der Waals surface area contributed by atoms with E-state index < -0.39 is 11.7 Å². The summed E-state index contributed by atoms with van der Waals surface area (Å²) in [4.78, 5) is 30.1. The molecule has 0 saturated carbocycles. The second-order valence-corrected chi connectivity index (χ2v) is 6.70. The van der Waals surface area contributed by atoms with Gasteiger partial charge >= 0.3 is 0 Å². The first-order valence-corrected chi connectivity index (χ1v) is 8.97. The monoisotopic (exact) mass is 348 g/mol. The number of hydrogen-bond donors (Lipinski definition) is 1. The smallest absolute Gasteiger partial charge is 0.295 e. The van der Waals surface area contributed by atoms with Crippen LogP contribution in [0, 0.1) is 5.92 Å². The first-order valence-electron chi connectivity index (χ1n) is 8.97. The molecule has 0 radical (unpaired) electrons. The van der Waals surface area contributed by atoms with Crippen LogP contribution in [0.2, 0.25) is 0 Å². The summed E-state index contributed by atoms with van der Waals surface area (Å²) < 4.78 is 0. The number of para-hydroxylation sites is 1. The number of allylic oxidation sites excluding steroid dienone is 4. The highest BCUT2D eigenvalue weighted by Crippen LogP contribution is 2.26. The van der Waals surface area contributed by atoms with Crippen molar-refractivity contribution in [1.29, 1.82) is 0 Å². The molecule has 1 amide bonds. The van der Waals surface area contributed by atoms with Gasteiger partial charge in [0.25, 0.3) is 11.7 Å². The minimum absolute atomic E-state index is 0.404. The van der Waals surface area contributed by atoms with Gasteiger partial charge in [-0.2, -0.15) is 0 Å². The fourth-order valence-corrected chi connectivity index (χ4v) is 3.56. The molecule has 2 heterocycles. The second-order valence-electron chi connectivity index (χ2n) is 6.70. The van der Waals surface area contributed by atoms with Crippen molar-refractivity contribution in [2.24, 2.45) is 5.92 Å². The topological polar surface area (TPSA) is 53.2 Å². The summed E-state index contributed by atoms with van der Waals surface area (Å²) in [6.07, 6.45) is 9.98. The second kappa shape index (κ2) is 8.00. The summed E-state index contributed by atoms with van der Waals surface area (Å²) in [7, 11) is 0. The van der Waals surface area contributed by atoms with Crippen molar-refractivity contribution in [2.75, 3.05) is 13.1 Å².